The molecule has 0 aliphatic rings. The molecule has 0 aliphatic carbocycles. The lowest BCUT2D eigenvalue weighted by Crippen LogP contribution is -1.97. The first kappa shape index (κ1) is 72.3. The Bertz CT molecular complexity index is 8270. The molecule has 0 atom stereocenters. The molecule has 12 nitrogen and oxygen atoms in total. The minimum Gasteiger partial charge on any atom is -0.254 e. The molecule has 0 amide bonds. The molecule has 576 valence electrons. The Labute approximate surface area is 712 Å². The van der Waals surface area contributed by atoms with E-state index in [2.05, 4.69) is 301 Å². The predicted molar refractivity (Wildman–Crippen MR) is 507 cm³/mol. The summed E-state index contributed by atoms with van der Waals surface area (Å²) in [7, 11) is 0. The highest BCUT2D eigenvalue weighted by molar-refractivity contribution is 6.08. The lowest BCUT2D eigenvalue weighted by Gasteiger charge is -2.13. The Balaban J connectivity index is 0.000000143. The highest BCUT2D eigenvalue weighted by atomic mass is 14.9. The molecular formula is C112H68N12. The summed E-state index contributed by atoms with van der Waals surface area (Å²) >= 11 is 0. The normalized spacial score (nSPS) is 11.5. The molecule has 0 fully saturated rings. The molecule has 0 saturated heterocycles. The van der Waals surface area contributed by atoms with E-state index in [9.17, 15) is 0 Å². The maximum absolute atomic E-state index is 5.21. The summed E-state index contributed by atoms with van der Waals surface area (Å²) in [6.07, 6.45) is 3.66. The minimum atomic E-state index is 0.587. The zero-order chi connectivity index (χ0) is 82.0. The second-order valence-electron chi connectivity index (χ2n) is 31.1. The fourth-order valence-electron chi connectivity index (χ4n) is 17.0. The highest BCUT2D eigenvalue weighted by Crippen LogP contribution is 2.40. The Hall–Kier alpha value is -17.0. The summed E-state index contributed by atoms with van der Waals surface area (Å²) in [6.45, 7) is 0. The van der Waals surface area contributed by atoms with Crippen LogP contribution in [0.2, 0.25) is 0 Å². The van der Waals surface area contributed by atoms with E-state index in [-0.39, 0.29) is 0 Å². The third-order valence-electron chi connectivity index (χ3n) is 23.4. The summed E-state index contributed by atoms with van der Waals surface area (Å²) in [4.78, 5) is 60.2. The fraction of sp³-hybridized carbons (Fsp3) is 0. The van der Waals surface area contributed by atoms with Crippen LogP contribution in [-0.4, -0.2) is 59.8 Å². The van der Waals surface area contributed by atoms with Crippen LogP contribution < -0.4 is 0 Å². The maximum atomic E-state index is 5.21. The molecule has 0 bridgehead atoms. The summed E-state index contributed by atoms with van der Waals surface area (Å²) in [5.41, 5.74) is 28.6. The number of benzene rings is 14. The fourth-order valence-corrected chi connectivity index (χ4v) is 17.0. The first-order valence-electron chi connectivity index (χ1n) is 41.3. The van der Waals surface area contributed by atoms with Crippen LogP contribution in [0.25, 0.3) is 244 Å². The molecule has 24 aromatic rings. The smallest absolute Gasteiger partial charge is 0.179 e. The van der Waals surface area contributed by atoms with E-state index in [1.165, 1.54) is 0 Å². The molecule has 0 N–H and O–H groups in total. The van der Waals surface area contributed by atoms with Crippen molar-refractivity contribution >= 4 is 109 Å². The van der Waals surface area contributed by atoms with Gasteiger partial charge < -0.3 is 0 Å². The lowest BCUT2D eigenvalue weighted by molar-refractivity contribution is 1.16. The van der Waals surface area contributed by atoms with Crippen molar-refractivity contribution in [3.63, 3.8) is 0 Å². The van der Waals surface area contributed by atoms with Gasteiger partial charge in [0.15, 0.2) is 11.6 Å². The highest BCUT2D eigenvalue weighted by Gasteiger charge is 2.20. The van der Waals surface area contributed by atoms with Crippen molar-refractivity contribution < 1.29 is 0 Å². The monoisotopic (exact) mass is 1580 g/mol. The molecule has 0 unspecified atom stereocenters. The first-order valence-corrected chi connectivity index (χ1v) is 41.3. The Morgan fingerprint density at radius 1 is 0.137 bits per heavy atom. The van der Waals surface area contributed by atoms with Crippen molar-refractivity contribution in [2.75, 3.05) is 0 Å². The van der Waals surface area contributed by atoms with Gasteiger partial charge in [-0.3, -0.25) is 9.97 Å². The van der Waals surface area contributed by atoms with E-state index >= 15 is 0 Å². The third kappa shape index (κ3) is 13.8. The van der Waals surface area contributed by atoms with Gasteiger partial charge >= 0.3 is 0 Å². The minimum absolute atomic E-state index is 0.587. The van der Waals surface area contributed by atoms with Crippen LogP contribution in [0.1, 0.15) is 0 Å². The number of hydrogen-bond donors (Lipinski definition) is 0. The van der Waals surface area contributed by atoms with Gasteiger partial charge in [-0.2, -0.15) is 0 Å². The summed E-state index contributed by atoms with van der Waals surface area (Å²) < 4.78 is 0. The van der Waals surface area contributed by atoms with Crippen molar-refractivity contribution in [1.29, 1.82) is 0 Å². The second-order valence-corrected chi connectivity index (χ2v) is 31.1. The molecule has 0 radical (unpaired) electrons. The Kier molecular flexibility index (Phi) is 17.9. The van der Waals surface area contributed by atoms with Crippen LogP contribution in [0.3, 0.4) is 0 Å². The number of rotatable bonds is 12. The van der Waals surface area contributed by atoms with Gasteiger partial charge in [0.05, 0.1) is 89.7 Å². The van der Waals surface area contributed by atoms with Gasteiger partial charge in [0, 0.05) is 100.0 Å². The van der Waals surface area contributed by atoms with Gasteiger partial charge in [-0.15, -0.1) is 0 Å². The van der Waals surface area contributed by atoms with Crippen molar-refractivity contribution in [2.24, 2.45) is 0 Å². The molecule has 124 heavy (non-hydrogen) atoms. The van der Waals surface area contributed by atoms with E-state index in [0.717, 1.165) is 232 Å². The van der Waals surface area contributed by atoms with Crippen LogP contribution in [0.4, 0.5) is 0 Å². The van der Waals surface area contributed by atoms with Crippen molar-refractivity contribution in [3.05, 3.63) is 413 Å². The summed E-state index contributed by atoms with van der Waals surface area (Å²) in [6, 6.07) is 139. The average Bonchev–Trinajstić information content (AvgIpc) is 0.741. The number of aromatic nitrogens is 12. The second kappa shape index (κ2) is 30.8. The van der Waals surface area contributed by atoms with Crippen LogP contribution in [0.5, 0.6) is 0 Å². The third-order valence-corrected chi connectivity index (χ3v) is 23.4. The zero-order valence-corrected chi connectivity index (χ0v) is 66.6. The molecule has 10 aromatic heterocycles. The van der Waals surface area contributed by atoms with Gasteiger partial charge in [-0.1, -0.05) is 291 Å². The quantitative estimate of drug-likeness (QED) is 0.107. The number of hydrogen-bond acceptors (Lipinski definition) is 12. The number of pyridine rings is 8. The van der Waals surface area contributed by atoms with Crippen LogP contribution in [-0.2, 0) is 0 Å². The molecule has 12 heteroatoms. The topological polar surface area (TPSA) is 155 Å². The largest absolute Gasteiger partial charge is 0.254 e. The van der Waals surface area contributed by atoms with E-state index < -0.39 is 0 Å². The molecule has 24 rings (SSSR count). The Morgan fingerprint density at radius 2 is 0.435 bits per heavy atom. The molecule has 0 saturated carbocycles. The van der Waals surface area contributed by atoms with Crippen LogP contribution in [0, 0.1) is 0 Å². The van der Waals surface area contributed by atoms with Crippen molar-refractivity contribution in [2.45, 2.75) is 0 Å². The lowest BCUT2D eigenvalue weighted by atomic mass is 9.95. The number of fused-ring (bicyclic) bond motifs is 12. The van der Waals surface area contributed by atoms with E-state index in [1.54, 1.807) is 0 Å². The summed E-state index contributed by atoms with van der Waals surface area (Å²) in [5.74, 6) is 1.18. The SMILES string of the molecule is c1ccc(-c2cc(-c3ccccc3)nc(-c3ccc4ccc(-c5ccc6nc(-c7ccc(-c8ccc9ccc%10cccnc%10c9n8)c8ccccc78)ccc6c5)cc4n3)n2)cc1.c1ccc(-c2cc(-c3ccccc3)nc(-c3ccc4ccc(-c5ccc6nc(-c7ccc8cc(-c9ccc%10ccc%11cccnc%11c%10n9)ccc8c7)ccc6c5)cc4n3)n2)cc1. The molecule has 10 heterocycles. The van der Waals surface area contributed by atoms with Gasteiger partial charge in [-0.05, 0) is 153 Å². The van der Waals surface area contributed by atoms with Crippen molar-refractivity contribution in [3.8, 4) is 135 Å². The maximum Gasteiger partial charge on any atom is 0.179 e. The van der Waals surface area contributed by atoms with Gasteiger partial charge in [0.25, 0.3) is 0 Å². The predicted octanol–water partition coefficient (Wildman–Crippen LogP) is 27.6. The number of nitrogens with zero attached hydrogens (tertiary/aromatic N) is 12. The first-order chi connectivity index (χ1) is 61.3. The summed E-state index contributed by atoms with van der Waals surface area (Å²) in [5, 5.41) is 13.1. The van der Waals surface area contributed by atoms with Gasteiger partial charge in [-0.25, -0.2) is 49.8 Å². The average molecular weight is 1580 g/mol. The molecular weight excluding hydrogens is 1510 g/mol. The Morgan fingerprint density at radius 3 is 0.879 bits per heavy atom. The standard InChI is InChI=1S/2C56H34N6/c1-3-10-35(11-4-1)52-34-53(36-12-5-2-6-13-36)62-56(61-52)50-30-21-37-17-20-41(33-51(37)59-50)40-23-27-47-42(32-40)24-29-48(58-47)45-25-26-46(44-16-8-7-15-43(44)45)49-28-22-39-19-18-38-14-9-31-57-54(38)55(39)60-49;1-3-8-35(9-4-1)52-34-53(36-10-5-2-6-11-36)62-56(61-52)50-28-21-37-13-16-43(33-51(37)59-50)42-23-26-47-46(32-42)24-27-48(58-47)44-19-17-41-31-45(20-18-40(41)30-44)49-25-22-39-15-14-38-12-7-29-57-54(38)55(39)60-49/h2*1-34H. The molecule has 14 aromatic carbocycles. The van der Waals surface area contributed by atoms with Crippen LogP contribution in [0.15, 0.2) is 413 Å². The molecule has 0 spiro atoms. The van der Waals surface area contributed by atoms with E-state index in [0.29, 0.717) is 11.6 Å². The van der Waals surface area contributed by atoms with E-state index in [4.69, 9.17) is 49.8 Å². The van der Waals surface area contributed by atoms with Gasteiger partial charge in [0.2, 0.25) is 0 Å². The van der Waals surface area contributed by atoms with Crippen molar-refractivity contribution in [1.82, 2.24) is 59.8 Å². The van der Waals surface area contributed by atoms with Crippen LogP contribution >= 0.6 is 0 Å². The zero-order valence-electron chi connectivity index (χ0n) is 66.6. The van der Waals surface area contributed by atoms with Gasteiger partial charge in [0.1, 0.15) is 11.4 Å². The van der Waals surface area contributed by atoms with E-state index in [1.807, 2.05) is 122 Å². The molecule has 0 aliphatic heterocycles.